The van der Waals surface area contributed by atoms with E-state index >= 15 is 0 Å². The Bertz CT molecular complexity index is 564. The zero-order valence-electron chi connectivity index (χ0n) is 12.7. The Morgan fingerprint density at radius 3 is 2.52 bits per heavy atom. The molecule has 7 heteroatoms. The Morgan fingerprint density at radius 2 is 1.91 bits per heavy atom. The largest absolute Gasteiger partial charge is 0.480 e. The number of carbonyl (C=O) groups excluding carboxylic acids is 2. The van der Waals surface area contributed by atoms with Crippen molar-refractivity contribution in [2.45, 2.75) is 31.8 Å². The van der Waals surface area contributed by atoms with Crippen LogP contribution in [0.2, 0.25) is 0 Å². The molecule has 1 aromatic carbocycles. The summed E-state index contributed by atoms with van der Waals surface area (Å²) in [7, 11) is 0. The van der Waals surface area contributed by atoms with Gasteiger partial charge in [0.1, 0.15) is 6.54 Å². The predicted octanol–water partition coefficient (Wildman–Crippen LogP) is 0.937. The maximum Gasteiger partial charge on any atom is 0.322 e. The van der Waals surface area contributed by atoms with Crippen LogP contribution in [-0.4, -0.2) is 42.1 Å². The third kappa shape index (κ3) is 6.07. The van der Waals surface area contributed by atoms with Crippen LogP contribution in [0, 0.1) is 0 Å². The molecule has 1 unspecified atom stereocenters. The van der Waals surface area contributed by atoms with Gasteiger partial charge in [-0.25, -0.2) is 0 Å². The van der Waals surface area contributed by atoms with Gasteiger partial charge in [-0.1, -0.05) is 12.1 Å². The highest BCUT2D eigenvalue weighted by atomic mass is 16.5. The number of aliphatic carboxylic acids is 1. The SMILES string of the molecule is O=C(O)CNC(=O)Cc1ccc(NC(=O)CC2CCCO2)cc1. The maximum atomic E-state index is 11.9. The highest BCUT2D eigenvalue weighted by molar-refractivity contribution is 5.91. The molecule has 0 bridgehead atoms. The summed E-state index contributed by atoms with van der Waals surface area (Å²) in [5.41, 5.74) is 1.40. The maximum absolute atomic E-state index is 11.9. The first-order valence-electron chi connectivity index (χ1n) is 7.52. The number of benzene rings is 1. The van der Waals surface area contributed by atoms with E-state index in [-0.39, 0.29) is 24.3 Å². The van der Waals surface area contributed by atoms with Crippen molar-refractivity contribution in [3.63, 3.8) is 0 Å². The lowest BCUT2D eigenvalue weighted by molar-refractivity contribution is -0.137. The molecule has 0 spiro atoms. The molecule has 23 heavy (non-hydrogen) atoms. The van der Waals surface area contributed by atoms with Gasteiger partial charge in [0.15, 0.2) is 0 Å². The van der Waals surface area contributed by atoms with Crippen molar-refractivity contribution in [3.8, 4) is 0 Å². The second-order valence-electron chi connectivity index (χ2n) is 5.43. The van der Waals surface area contributed by atoms with Crippen LogP contribution in [0.3, 0.4) is 0 Å². The minimum atomic E-state index is -1.08. The predicted molar refractivity (Wildman–Crippen MR) is 83.0 cm³/mol. The molecule has 124 valence electrons. The number of nitrogens with one attached hydrogen (secondary N) is 2. The van der Waals surface area contributed by atoms with Gasteiger partial charge in [-0.3, -0.25) is 14.4 Å². The molecular weight excluding hydrogens is 300 g/mol. The van der Waals surface area contributed by atoms with Crippen molar-refractivity contribution in [2.75, 3.05) is 18.5 Å². The Labute approximate surface area is 134 Å². The number of anilines is 1. The smallest absolute Gasteiger partial charge is 0.322 e. The Hall–Kier alpha value is -2.41. The number of carboxylic acid groups (broad SMARTS) is 1. The first kappa shape index (κ1) is 17.0. The zero-order valence-corrected chi connectivity index (χ0v) is 12.7. The molecule has 2 amide bonds. The quantitative estimate of drug-likeness (QED) is 0.693. The van der Waals surface area contributed by atoms with Crippen LogP contribution in [0.15, 0.2) is 24.3 Å². The highest BCUT2D eigenvalue weighted by Gasteiger charge is 2.19. The summed E-state index contributed by atoms with van der Waals surface area (Å²) in [6.45, 7) is 0.326. The van der Waals surface area contributed by atoms with Crippen LogP contribution < -0.4 is 10.6 Å². The fourth-order valence-electron chi connectivity index (χ4n) is 2.35. The van der Waals surface area contributed by atoms with E-state index in [9.17, 15) is 14.4 Å². The lowest BCUT2D eigenvalue weighted by Crippen LogP contribution is -2.30. The van der Waals surface area contributed by atoms with Crippen molar-refractivity contribution >= 4 is 23.5 Å². The zero-order chi connectivity index (χ0) is 16.7. The second kappa shape index (κ2) is 8.28. The van der Waals surface area contributed by atoms with Gasteiger partial charge < -0.3 is 20.5 Å². The minimum Gasteiger partial charge on any atom is -0.480 e. The summed E-state index contributed by atoms with van der Waals surface area (Å²) in [4.78, 5) is 33.7. The summed E-state index contributed by atoms with van der Waals surface area (Å²) in [6.07, 6.45) is 2.36. The fourth-order valence-corrected chi connectivity index (χ4v) is 2.35. The molecule has 0 aromatic heterocycles. The highest BCUT2D eigenvalue weighted by Crippen LogP contribution is 2.17. The molecule has 0 radical (unpaired) electrons. The molecule has 1 aromatic rings. The van der Waals surface area contributed by atoms with E-state index in [0.717, 1.165) is 25.0 Å². The van der Waals surface area contributed by atoms with Gasteiger partial charge in [-0.15, -0.1) is 0 Å². The van der Waals surface area contributed by atoms with Crippen molar-refractivity contribution in [1.82, 2.24) is 5.32 Å². The Morgan fingerprint density at radius 1 is 1.17 bits per heavy atom. The second-order valence-corrected chi connectivity index (χ2v) is 5.43. The summed E-state index contributed by atoms with van der Waals surface area (Å²) >= 11 is 0. The molecule has 0 saturated carbocycles. The summed E-state index contributed by atoms with van der Waals surface area (Å²) < 4.78 is 5.42. The normalized spacial score (nSPS) is 16.8. The van der Waals surface area contributed by atoms with Crippen molar-refractivity contribution in [2.24, 2.45) is 0 Å². The van der Waals surface area contributed by atoms with Crippen molar-refractivity contribution < 1.29 is 24.2 Å². The monoisotopic (exact) mass is 320 g/mol. The molecular formula is C16H20N2O5. The first-order chi connectivity index (χ1) is 11.0. The summed E-state index contributed by atoms with van der Waals surface area (Å²) in [6, 6.07) is 6.88. The molecule has 1 saturated heterocycles. The molecule has 1 aliphatic rings. The van der Waals surface area contributed by atoms with Gasteiger partial charge in [0.05, 0.1) is 18.9 Å². The molecule has 1 aliphatic heterocycles. The Kier molecular flexibility index (Phi) is 6.10. The van der Waals surface area contributed by atoms with Crippen LogP contribution in [-0.2, 0) is 25.5 Å². The van der Waals surface area contributed by atoms with Crippen LogP contribution in [0.4, 0.5) is 5.69 Å². The van der Waals surface area contributed by atoms with E-state index in [1.165, 1.54) is 0 Å². The first-order valence-corrected chi connectivity index (χ1v) is 7.52. The molecule has 7 nitrogen and oxygen atoms in total. The van der Waals surface area contributed by atoms with E-state index in [0.29, 0.717) is 12.1 Å². The van der Waals surface area contributed by atoms with Crippen LogP contribution in [0.25, 0.3) is 0 Å². The third-order valence-corrected chi connectivity index (χ3v) is 3.48. The molecule has 2 rings (SSSR count). The standard InChI is InChI=1S/C16H20N2O5/c19-14(17-10-16(21)22)8-11-3-5-12(6-4-11)18-15(20)9-13-2-1-7-23-13/h3-6,13H,1-2,7-10H2,(H,17,19)(H,18,20)(H,21,22). The number of hydrogen-bond donors (Lipinski definition) is 3. The van der Waals surface area contributed by atoms with Gasteiger partial charge >= 0.3 is 5.97 Å². The molecule has 1 atom stereocenters. The minimum absolute atomic E-state index is 0.00667. The topological polar surface area (TPSA) is 105 Å². The third-order valence-electron chi connectivity index (χ3n) is 3.48. The number of amides is 2. The van der Waals surface area contributed by atoms with E-state index in [4.69, 9.17) is 9.84 Å². The van der Waals surface area contributed by atoms with Gasteiger partial charge in [0.2, 0.25) is 11.8 Å². The number of carboxylic acids is 1. The molecule has 1 heterocycles. The molecule has 1 fully saturated rings. The van der Waals surface area contributed by atoms with Gasteiger partial charge in [-0.05, 0) is 30.5 Å². The number of rotatable bonds is 7. The van der Waals surface area contributed by atoms with E-state index < -0.39 is 12.5 Å². The van der Waals surface area contributed by atoms with Gasteiger partial charge in [0.25, 0.3) is 0 Å². The average Bonchev–Trinajstić information content (AvgIpc) is 3.00. The van der Waals surface area contributed by atoms with Crippen LogP contribution >= 0.6 is 0 Å². The summed E-state index contributed by atoms with van der Waals surface area (Å²) in [5.74, 6) is -1.53. The average molecular weight is 320 g/mol. The lowest BCUT2D eigenvalue weighted by atomic mass is 10.1. The fraction of sp³-hybridized carbons (Fsp3) is 0.438. The molecule has 0 aliphatic carbocycles. The number of carbonyl (C=O) groups is 3. The van der Waals surface area contributed by atoms with Crippen LogP contribution in [0.5, 0.6) is 0 Å². The molecule has 3 N–H and O–H groups in total. The van der Waals surface area contributed by atoms with E-state index in [1.54, 1.807) is 24.3 Å². The Balaban J connectivity index is 1.78. The van der Waals surface area contributed by atoms with Crippen molar-refractivity contribution in [3.05, 3.63) is 29.8 Å². The number of hydrogen-bond acceptors (Lipinski definition) is 4. The van der Waals surface area contributed by atoms with Gasteiger partial charge in [-0.2, -0.15) is 0 Å². The van der Waals surface area contributed by atoms with Gasteiger partial charge in [0, 0.05) is 12.3 Å². The van der Waals surface area contributed by atoms with E-state index in [1.807, 2.05) is 0 Å². The van der Waals surface area contributed by atoms with Crippen LogP contribution in [0.1, 0.15) is 24.8 Å². The number of ether oxygens (including phenoxy) is 1. The van der Waals surface area contributed by atoms with Crippen molar-refractivity contribution in [1.29, 1.82) is 0 Å². The summed E-state index contributed by atoms with van der Waals surface area (Å²) in [5, 5.41) is 13.6. The van der Waals surface area contributed by atoms with E-state index in [2.05, 4.69) is 10.6 Å². The lowest BCUT2D eigenvalue weighted by Gasteiger charge is -2.10.